The Morgan fingerprint density at radius 1 is 1.00 bits per heavy atom. The molecule has 0 bridgehead atoms. The van der Waals surface area contributed by atoms with Gasteiger partial charge in [-0.3, -0.25) is 9.59 Å². The van der Waals surface area contributed by atoms with Crippen molar-refractivity contribution >= 4 is 23.0 Å². The van der Waals surface area contributed by atoms with Crippen LogP contribution in [0.4, 0.5) is 0 Å². The predicted molar refractivity (Wildman–Crippen MR) is 158 cm³/mol. The van der Waals surface area contributed by atoms with Gasteiger partial charge in [0.15, 0.2) is 5.76 Å². The molecule has 0 saturated heterocycles. The zero-order valence-corrected chi connectivity index (χ0v) is 24.1. The number of thiazole rings is 1. The molecule has 1 atom stereocenters. The highest BCUT2D eigenvalue weighted by Crippen LogP contribution is 2.42. The Labute approximate surface area is 238 Å². The number of Topliss-reactive ketones (excluding diaryl/α,β-unsaturated/α-hetero) is 1. The Morgan fingerprint density at radius 2 is 1.65 bits per heavy atom. The topological polar surface area (TPSA) is 79.7 Å². The Balaban J connectivity index is 1.60. The minimum atomic E-state index is -0.777. The van der Waals surface area contributed by atoms with E-state index in [0.29, 0.717) is 21.3 Å². The summed E-state index contributed by atoms with van der Waals surface area (Å²) in [6.45, 7) is 8.34. The van der Waals surface area contributed by atoms with Gasteiger partial charge in [-0.15, -0.1) is 11.3 Å². The summed E-state index contributed by atoms with van der Waals surface area (Å²) in [6, 6.07) is 24.2. The third-order valence-electron chi connectivity index (χ3n) is 7.20. The molecule has 0 aliphatic carbocycles. The largest absolute Gasteiger partial charge is 0.503 e. The molecule has 204 valence electrons. The molecule has 4 aromatic rings. The van der Waals surface area contributed by atoms with Crippen molar-refractivity contribution in [2.75, 3.05) is 7.11 Å². The Hall–Kier alpha value is -4.23. The quantitative estimate of drug-likeness (QED) is 0.245. The molecule has 0 saturated carbocycles. The number of aryl methyl sites for hydroxylation is 1. The molecule has 2 heterocycles. The van der Waals surface area contributed by atoms with Gasteiger partial charge in [0.1, 0.15) is 10.8 Å². The van der Waals surface area contributed by atoms with Crippen molar-refractivity contribution in [1.82, 2.24) is 9.88 Å². The summed E-state index contributed by atoms with van der Waals surface area (Å²) in [4.78, 5) is 34.3. The molecule has 0 spiro atoms. The zero-order valence-electron chi connectivity index (χ0n) is 23.3. The monoisotopic (exact) mass is 552 g/mol. The molecule has 1 unspecified atom stereocenters. The lowest BCUT2D eigenvalue weighted by atomic mass is 9.85. The fourth-order valence-electron chi connectivity index (χ4n) is 5.01. The van der Waals surface area contributed by atoms with Gasteiger partial charge >= 0.3 is 0 Å². The van der Waals surface area contributed by atoms with Crippen molar-refractivity contribution in [3.05, 3.63) is 117 Å². The van der Waals surface area contributed by atoms with Crippen molar-refractivity contribution < 1.29 is 19.4 Å². The van der Waals surface area contributed by atoms with E-state index in [1.54, 1.807) is 18.9 Å². The van der Waals surface area contributed by atoms with Gasteiger partial charge in [0.05, 0.1) is 35.8 Å². The fraction of sp³-hybridized carbons (Fsp3) is 0.242. The van der Waals surface area contributed by atoms with Crippen molar-refractivity contribution in [2.45, 2.75) is 45.7 Å². The molecule has 6 nitrogen and oxygen atoms in total. The average Bonchev–Trinajstić information content (AvgIpc) is 3.46. The van der Waals surface area contributed by atoms with Crippen LogP contribution in [0, 0.1) is 6.92 Å². The highest BCUT2D eigenvalue weighted by atomic mass is 32.1. The highest BCUT2D eigenvalue weighted by Gasteiger charge is 2.45. The lowest BCUT2D eigenvalue weighted by Gasteiger charge is -2.28. The minimum Gasteiger partial charge on any atom is -0.503 e. The van der Waals surface area contributed by atoms with Gasteiger partial charge in [0.25, 0.3) is 5.91 Å². The number of nitrogens with zero attached hydrogens (tertiary/aromatic N) is 2. The number of ether oxygens (including phenoxy) is 1. The van der Waals surface area contributed by atoms with Crippen LogP contribution in [0.15, 0.2) is 90.2 Å². The van der Waals surface area contributed by atoms with E-state index < -0.39 is 23.5 Å². The predicted octanol–water partition coefficient (Wildman–Crippen LogP) is 7.20. The molecule has 1 aliphatic rings. The standard InChI is InChI=1S/C33H32N2O4S/c1-20-30(40-31(34-20)22-11-7-6-8-12-22)28(36)26-27(21-15-17-24(18-16-21)33(2,3)4)35(32(38)29(26)37)19-23-13-9-10-14-25(23)39-5/h6-18,27,37H,19H2,1-5H3. The van der Waals surface area contributed by atoms with Crippen LogP contribution in [-0.4, -0.2) is 33.8 Å². The SMILES string of the molecule is COc1ccccc1CN1C(=O)C(O)=C(C(=O)c2sc(-c3ccccc3)nc2C)C1c1ccc(C(C)(C)C)cc1. The Kier molecular flexibility index (Phi) is 7.34. The summed E-state index contributed by atoms with van der Waals surface area (Å²) in [7, 11) is 1.58. The van der Waals surface area contributed by atoms with E-state index in [0.717, 1.165) is 22.3 Å². The summed E-state index contributed by atoms with van der Waals surface area (Å²) >= 11 is 1.27. The van der Waals surface area contributed by atoms with Crippen LogP contribution in [0.25, 0.3) is 10.6 Å². The number of aliphatic hydroxyl groups excluding tert-OH is 1. The maximum Gasteiger partial charge on any atom is 0.290 e. The number of carbonyl (C=O) groups excluding carboxylic acids is 2. The van der Waals surface area contributed by atoms with Gasteiger partial charge < -0.3 is 14.7 Å². The van der Waals surface area contributed by atoms with Gasteiger partial charge in [-0.2, -0.15) is 0 Å². The molecule has 1 aliphatic heterocycles. The first-order chi connectivity index (χ1) is 19.1. The maximum absolute atomic E-state index is 14.1. The summed E-state index contributed by atoms with van der Waals surface area (Å²) in [5.74, 6) is -0.888. The number of aliphatic hydroxyl groups is 1. The van der Waals surface area contributed by atoms with Crippen molar-refractivity contribution in [2.24, 2.45) is 0 Å². The average molecular weight is 553 g/mol. The number of methoxy groups -OCH3 is 1. The van der Waals surface area contributed by atoms with Crippen molar-refractivity contribution in [1.29, 1.82) is 0 Å². The van der Waals surface area contributed by atoms with Crippen LogP contribution in [0.5, 0.6) is 5.75 Å². The van der Waals surface area contributed by atoms with E-state index in [4.69, 9.17) is 4.74 Å². The highest BCUT2D eigenvalue weighted by molar-refractivity contribution is 7.17. The molecule has 5 rings (SSSR count). The molecular formula is C33H32N2O4S. The lowest BCUT2D eigenvalue weighted by Crippen LogP contribution is -2.31. The first-order valence-corrected chi connectivity index (χ1v) is 14.0. The van der Waals surface area contributed by atoms with Crippen molar-refractivity contribution in [3.63, 3.8) is 0 Å². The first kappa shape index (κ1) is 27.3. The van der Waals surface area contributed by atoms with E-state index in [2.05, 4.69) is 25.8 Å². The molecule has 1 amide bonds. The summed E-state index contributed by atoms with van der Waals surface area (Å²) in [6.07, 6.45) is 0. The first-order valence-electron chi connectivity index (χ1n) is 13.1. The van der Waals surface area contributed by atoms with Gasteiger partial charge in [0.2, 0.25) is 5.78 Å². The number of amides is 1. The molecule has 7 heteroatoms. The number of hydrogen-bond acceptors (Lipinski definition) is 6. The Morgan fingerprint density at radius 3 is 2.30 bits per heavy atom. The number of para-hydroxylation sites is 1. The number of ketones is 1. The third-order valence-corrected chi connectivity index (χ3v) is 8.40. The van der Waals surface area contributed by atoms with Crippen LogP contribution in [0.1, 0.15) is 58.9 Å². The van der Waals surface area contributed by atoms with Crippen LogP contribution in [0.2, 0.25) is 0 Å². The van der Waals surface area contributed by atoms with E-state index in [1.807, 2.05) is 78.9 Å². The Bertz CT molecular complexity index is 1600. The summed E-state index contributed by atoms with van der Waals surface area (Å²) in [5, 5.41) is 11.9. The zero-order chi connectivity index (χ0) is 28.6. The molecule has 40 heavy (non-hydrogen) atoms. The number of carbonyl (C=O) groups is 2. The number of rotatable bonds is 7. The number of aromatic nitrogens is 1. The summed E-state index contributed by atoms with van der Waals surface area (Å²) < 4.78 is 5.53. The van der Waals surface area contributed by atoms with Crippen LogP contribution in [0.3, 0.4) is 0 Å². The second-order valence-corrected chi connectivity index (χ2v) is 11.9. The molecule has 0 radical (unpaired) electrons. The molecular weight excluding hydrogens is 520 g/mol. The molecule has 1 N–H and O–H groups in total. The minimum absolute atomic E-state index is 0.0642. The van der Waals surface area contributed by atoms with Gasteiger partial charge in [-0.1, -0.05) is 93.6 Å². The van der Waals surface area contributed by atoms with Crippen LogP contribution in [-0.2, 0) is 16.8 Å². The van der Waals surface area contributed by atoms with Gasteiger partial charge in [-0.05, 0) is 29.5 Å². The van der Waals surface area contributed by atoms with E-state index >= 15 is 0 Å². The van der Waals surface area contributed by atoms with Crippen molar-refractivity contribution in [3.8, 4) is 16.3 Å². The molecule has 1 aromatic heterocycles. The second kappa shape index (κ2) is 10.7. The maximum atomic E-state index is 14.1. The van der Waals surface area contributed by atoms with E-state index in [9.17, 15) is 14.7 Å². The summed E-state index contributed by atoms with van der Waals surface area (Å²) in [5.41, 5.74) is 4.11. The number of hydrogen-bond donors (Lipinski definition) is 1. The van der Waals surface area contributed by atoms with Gasteiger partial charge in [0, 0.05) is 11.1 Å². The second-order valence-electron chi connectivity index (χ2n) is 10.9. The number of benzene rings is 3. The van der Waals surface area contributed by atoms with Gasteiger partial charge in [-0.25, -0.2) is 4.98 Å². The van der Waals surface area contributed by atoms with E-state index in [1.165, 1.54) is 11.3 Å². The molecule has 3 aromatic carbocycles. The third kappa shape index (κ3) is 5.05. The fourth-order valence-corrected chi connectivity index (χ4v) is 6.04. The lowest BCUT2D eigenvalue weighted by molar-refractivity contribution is -0.130. The smallest absolute Gasteiger partial charge is 0.290 e. The van der Waals surface area contributed by atoms with E-state index in [-0.39, 0.29) is 17.5 Å². The molecule has 0 fully saturated rings. The normalized spacial score (nSPS) is 15.6. The van der Waals surface area contributed by atoms with Crippen LogP contribution < -0.4 is 4.74 Å². The van der Waals surface area contributed by atoms with Crippen LogP contribution >= 0.6 is 11.3 Å².